The average Bonchev–Trinajstić information content (AvgIpc) is 3.17. The molecule has 0 aromatic heterocycles. The van der Waals surface area contributed by atoms with E-state index in [9.17, 15) is 14.7 Å². The summed E-state index contributed by atoms with van der Waals surface area (Å²) in [5, 5.41) is 11.3. The Kier molecular flexibility index (Phi) is 8.12. The molecule has 9 heteroatoms. The number of aliphatic hydroxyl groups excluding tert-OH is 1. The van der Waals surface area contributed by atoms with Crippen molar-refractivity contribution in [3.05, 3.63) is 59.2 Å². The normalized spacial score (nSPS) is 20.0. The first-order chi connectivity index (χ1) is 17.5. The lowest BCUT2D eigenvalue weighted by Crippen LogP contribution is -2.39. The first kappa shape index (κ1) is 25.5. The van der Waals surface area contributed by atoms with Gasteiger partial charge in [-0.25, -0.2) is 0 Å². The van der Waals surface area contributed by atoms with Crippen molar-refractivity contribution in [3.8, 4) is 17.2 Å². The number of Topliss-reactive ketones (excluding diaryl/α,β-unsaturated/α-hetero) is 1. The predicted octanol–water partition coefficient (Wildman–Crippen LogP) is 2.86. The number of morpholine rings is 1. The van der Waals surface area contributed by atoms with E-state index in [0.717, 1.165) is 19.6 Å². The summed E-state index contributed by atoms with van der Waals surface area (Å²) in [5.74, 6) is -0.141. The van der Waals surface area contributed by atoms with E-state index in [1.807, 2.05) is 0 Å². The fraction of sp³-hybridized carbons (Fsp3) is 0.407. The van der Waals surface area contributed by atoms with Crippen molar-refractivity contribution in [2.45, 2.75) is 12.5 Å². The average molecular weight is 497 g/mol. The van der Waals surface area contributed by atoms with Gasteiger partial charge in [0.2, 0.25) is 0 Å². The van der Waals surface area contributed by atoms with Gasteiger partial charge in [0.1, 0.15) is 11.5 Å². The van der Waals surface area contributed by atoms with Gasteiger partial charge in [-0.2, -0.15) is 0 Å². The SMILES string of the molecule is COc1ccc(/C(O)=C2\C(=O)C(=O)N(CCCN3CCOCC3)C2c2cccc(OC)c2OC)cc1. The molecule has 2 aliphatic rings. The quantitative estimate of drug-likeness (QED) is 0.322. The maximum atomic E-state index is 13.3. The lowest BCUT2D eigenvalue weighted by molar-refractivity contribution is -0.140. The number of likely N-dealkylation sites (tertiary alicyclic amines) is 1. The zero-order valence-electron chi connectivity index (χ0n) is 20.9. The summed E-state index contributed by atoms with van der Waals surface area (Å²) in [5.41, 5.74) is 0.995. The number of aliphatic hydroxyl groups is 1. The molecule has 2 fully saturated rings. The lowest BCUT2D eigenvalue weighted by Gasteiger charge is -2.30. The molecule has 2 aliphatic heterocycles. The van der Waals surface area contributed by atoms with Crippen LogP contribution in [-0.4, -0.2) is 87.3 Å². The topological polar surface area (TPSA) is 97.8 Å². The Hall–Kier alpha value is -3.56. The fourth-order valence-electron chi connectivity index (χ4n) is 4.76. The Morgan fingerprint density at radius 2 is 1.69 bits per heavy atom. The van der Waals surface area contributed by atoms with E-state index < -0.39 is 17.7 Å². The summed E-state index contributed by atoms with van der Waals surface area (Å²) < 4.78 is 21.7. The number of amides is 1. The molecule has 2 saturated heterocycles. The number of ketones is 1. The summed E-state index contributed by atoms with van der Waals surface area (Å²) in [7, 11) is 4.58. The molecule has 0 bridgehead atoms. The van der Waals surface area contributed by atoms with Crippen molar-refractivity contribution in [3.63, 3.8) is 0 Å². The summed E-state index contributed by atoms with van der Waals surface area (Å²) in [4.78, 5) is 30.4. The number of ether oxygens (including phenoxy) is 4. The Balaban J connectivity index is 1.75. The minimum absolute atomic E-state index is 0.0168. The second kappa shape index (κ2) is 11.5. The molecular weight excluding hydrogens is 464 g/mol. The van der Waals surface area contributed by atoms with E-state index in [-0.39, 0.29) is 11.3 Å². The standard InChI is InChI=1S/C27H32N2O7/c1-33-19-10-8-18(9-11-19)24(30)22-23(20-6-4-7-21(34-2)26(20)35-3)29(27(32)25(22)31)13-5-12-28-14-16-36-17-15-28/h4,6-11,23,30H,5,12-17H2,1-3H3/b24-22+. The van der Waals surface area contributed by atoms with Gasteiger partial charge in [-0.3, -0.25) is 14.5 Å². The summed E-state index contributed by atoms with van der Waals surface area (Å²) in [6.07, 6.45) is 0.665. The second-order valence-electron chi connectivity index (χ2n) is 8.61. The van der Waals surface area contributed by atoms with Crippen molar-refractivity contribution >= 4 is 17.4 Å². The van der Waals surface area contributed by atoms with Crippen molar-refractivity contribution < 1.29 is 33.6 Å². The van der Waals surface area contributed by atoms with Crippen LogP contribution in [0.25, 0.3) is 5.76 Å². The van der Waals surface area contributed by atoms with E-state index in [4.69, 9.17) is 18.9 Å². The molecule has 36 heavy (non-hydrogen) atoms. The van der Waals surface area contributed by atoms with Gasteiger partial charge >= 0.3 is 0 Å². The van der Waals surface area contributed by atoms with Gasteiger partial charge in [-0.05, 0) is 36.8 Å². The van der Waals surface area contributed by atoms with Gasteiger partial charge in [0, 0.05) is 37.3 Å². The highest BCUT2D eigenvalue weighted by molar-refractivity contribution is 6.46. The van der Waals surface area contributed by atoms with E-state index in [0.29, 0.717) is 54.6 Å². The van der Waals surface area contributed by atoms with E-state index in [1.54, 1.807) is 49.6 Å². The summed E-state index contributed by atoms with van der Waals surface area (Å²) >= 11 is 0. The van der Waals surface area contributed by atoms with Crippen molar-refractivity contribution in [2.24, 2.45) is 0 Å². The molecule has 0 radical (unpaired) electrons. The van der Waals surface area contributed by atoms with Crippen LogP contribution in [0.2, 0.25) is 0 Å². The highest BCUT2D eigenvalue weighted by atomic mass is 16.5. The number of para-hydroxylation sites is 1. The smallest absolute Gasteiger partial charge is 0.295 e. The highest BCUT2D eigenvalue weighted by Gasteiger charge is 2.47. The van der Waals surface area contributed by atoms with Gasteiger partial charge in [0.15, 0.2) is 11.5 Å². The molecule has 2 aromatic carbocycles. The number of rotatable bonds is 9. The van der Waals surface area contributed by atoms with Crippen LogP contribution in [0.5, 0.6) is 17.2 Å². The van der Waals surface area contributed by atoms with Crippen LogP contribution >= 0.6 is 0 Å². The fourth-order valence-corrected chi connectivity index (χ4v) is 4.76. The Labute approximate surface area is 210 Å². The van der Waals surface area contributed by atoms with Crippen molar-refractivity contribution in [2.75, 3.05) is 60.7 Å². The molecule has 192 valence electrons. The number of benzene rings is 2. The number of carbonyl (C=O) groups is 2. The molecule has 0 spiro atoms. The molecule has 2 aromatic rings. The van der Waals surface area contributed by atoms with Crippen LogP contribution in [0.15, 0.2) is 48.0 Å². The summed E-state index contributed by atoms with van der Waals surface area (Å²) in [6, 6.07) is 11.2. The van der Waals surface area contributed by atoms with Crippen LogP contribution in [0.1, 0.15) is 23.6 Å². The Morgan fingerprint density at radius 1 is 0.972 bits per heavy atom. The number of methoxy groups -OCH3 is 3. The molecule has 2 heterocycles. The number of hydrogen-bond acceptors (Lipinski definition) is 8. The molecule has 4 rings (SSSR count). The highest BCUT2D eigenvalue weighted by Crippen LogP contribution is 2.45. The molecule has 1 unspecified atom stereocenters. The Bertz CT molecular complexity index is 1120. The van der Waals surface area contributed by atoms with E-state index >= 15 is 0 Å². The predicted molar refractivity (Wildman–Crippen MR) is 133 cm³/mol. The lowest BCUT2D eigenvalue weighted by atomic mass is 9.94. The summed E-state index contributed by atoms with van der Waals surface area (Å²) in [6.45, 7) is 4.16. The van der Waals surface area contributed by atoms with Crippen molar-refractivity contribution in [1.82, 2.24) is 9.80 Å². The van der Waals surface area contributed by atoms with Crippen molar-refractivity contribution in [1.29, 1.82) is 0 Å². The number of nitrogens with zero attached hydrogens (tertiary/aromatic N) is 2. The molecule has 9 nitrogen and oxygen atoms in total. The van der Waals surface area contributed by atoms with Crippen LogP contribution < -0.4 is 14.2 Å². The molecular formula is C27H32N2O7. The van der Waals surface area contributed by atoms with Crippen LogP contribution in [-0.2, 0) is 14.3 Å². The van der Waals surface area contributed by atoms with Gasteiger partial charge in [-0.15, -0.1) is 0 Å². The van der Waals surface area contributed by atoms with Gasteiger partial charge in [-0.1, -0.05) is 12.1 Å². The minimum atomic E-state index is -0.832. The van der Waals surface area contributed by atoms with Crippen LogP contribution in [0.3, 0.4) is 0 Å². The second-order valence-corrected chi connectivity index (χ2v) is 8.61. The molecule has 0 saturated carbocycles. The zero-order chi connectivity index (χ0) is 25.7. The first-order valence-electron chi connectivity index (χ1n) is 11.9. The van der Waals surface area contributed by atoms with Crippen LogP contribution in [0, 0.1) is 0 Å². The minimum Gasteiger partial charge on any atom is -0.507 e. The molecule has 1 amide bonds. The maximum absolute atomic E-state index is 13.3. The number of hydrogen-bond donors (Lipinski definition) is 1. The van der Waals surface area contributed by atoms with Gasteiger partial charge in [0.05, 0.1) is 46.2 Å². The monoisotopic (exact) mass is 496 g/mol. The Morgan fingerprint density at radius 3 is 2.33 bits per heavy atom. The third-order valence-corrected chi connectivity index (χ3v) is 6.61. The van der Waals surface area contributed by atoms with Crippen LogP contribution in [0.4, 0.5) is 0 Å². The van der Waals surface area contributed by atoms with Gasteiger partial charge in [0.25, 0.3) is 11.7 Å². The maximum Gasteiger partial charge on any atom is 0.295 e. The van der Waals surface area contributed by atoms with E-state index in [2.05, 4.69) is 4.90 Å². The van der Waals surface area contributed by atoms with Gasteiger partial charge < -0.3 is 29.0 Å². The molecule has 1 atom stereocenters. The third kappa shape index (κ3) is 5.03. The third-order valence-electron chi connectivity index (χ3n) is 6.61. The molecule has 0 aliphatic carbocycles. The zero-order valence-corrected chi connectivity index (χ0v) is 20.9. The van der Waals surface area contributed by atoms with E-state index in [1.165, 1.54) is 19.1 Å². The molecule has 1 N–H and O–H groups in total. The number of carbonyl (C=O) groups excluding carboxylic acids is 2. The first-order valence-corrected chi connectivity index (χ1v) is 11.9. The largest absolute Gasteiger partial charge is 0.507 e.